The van der Waals surface area contributed by atoms with Gasteiger partial charge < -0.3 is 19.3 Å². The number of Topliss-reactive ketones (excluding diaryl/α,β-unsaturated/α-hetero) is 1. The van der Waals surface area contributed by atoms with E-state index in [2.05, 4.69) is 20.4 Å². The number of carbonyl (C=O) groups is 3. The lowest BCUT2D eigenvalue weighted by Crippen LogP contribution is -2.53. The molecule has 0 aromatic heterocycles. The number of esters is 2. The number of fused-ring (bicyclic) bond motifs is 5. The molecule has 9 atom stereocenters. The normalized spacial score (nSPS) is 41.1. The van der Waals surface area contributed by atoms with Crippen molar-refractivity contribution in [3.63, 3.8) is 0 Å². The zero-order valence-corrected chi connectivity index (χ0v) is 20.8. The summed E-state index contributed by atoms with van der Waals surface area (Å²) in [5.74, 6) is -1.44. The fourth-order valence-electron chi connectivity index (χ4n) is 6.20. The van der Waals surface area contributed by atoms with Gasteiger partial charge in [0.05, 0.1) is 12.2 Å². The Labute approximate surface area is 197 Å². The second-order valence-corrected chi connectivity index (χ2v) is 10.7. The molecule has 0 aromatic rings. The third-order valence-corrected chi connectivity index (χ3v) is 8.04. The predicted octanol–water partition coefficient (Wildman–Crippen LogP) is 3.61. The van der Waals surface area contributed by atoms with E-state index in [1.165, 1.54) is 6.92 Å². The van der Waals surface area contributed by atoms with Gasteiger partial charge in [-0.1, -0.05) is 34.3 Å². The summed E-state index contributed by atoms with van der Waals surface area (Å²) < 4.78 is 18.3. The number of aliphatic hydroxyl groups excluding tert-OH is 1. The summed E-state index contributed by atoms with van der Waals surface area (Å²) >= 11 is 0. The zero-order valence-electron chi connectivity index (χ0n) is 20.8. The zero-order chi connectivity index (χ0) is 24.7. The number of ketones is 1. The SMILES string of the molecule is C=C1C(OC(C)=O)CC(C(C)C)C2C1C1OC2C(C)(OC(=O)CCC)CCC(=O)C(C)C1O. The number of hydrogen-bond donors (Lipinski definition) is 1. The molecule has 9 unspecified atom stereocenters. The quantitative estimate of drug-likeness (QED) is 0.490. The highest BCUT2D eigenvalue weighted by Crippen LogP contribution is 2.56. The largest absolute Gasteiger partial charge is 0.458 e. The number of aliphatic hydroxyl groups is 1. The molecular formula is C26H40O7. The molecule has 7 nitrogen and oxygen atoms in total. The highest BCUT2D eigenvalue weighted by Gasteiger charge is 2.62. The molecule has 2 bridgehead atoms. The molecule has 1 saturated carbocycles. The fourth-order valence-corrected chi connectivity index (χ4v) is 6.20. The standard InChI is InChI=1S/C26H40O7/c1-8-9-20(29)33-26(7)11-10-18(28)14(4)23(30)24-21-15(5)19(31-16(6)27)12-17(13(2)3)22(21)25(26)32-24/h13-14,17,19,21-25,30H,5,8-12H2,1-4,6-7H3. The summed E-state index contributed by atoms with van der Waals surface area (Å²) in [4.78, 5) is 37.3. The Balaban J connectivity index is 2.10. The van der Waals surface area contributed by atoms with Gasteiger partial charge in [0.25, 0.3) is 0 Å². The monoisotopic (exact) mass is 464 g/mol. The van der Waals surface area contributed by atoms with Crippen LogP contribution in [-0.4, -0.2) is 52.8 Å². The number of hydrogen-bond acceptors (Lipinski definition) is 7. The van der Waals surface area contributed by atoms with Crippen LogP contribution in [0.2, 0.25) is 0 Å². The lowest BCUT2D eigenvalue weighted by atomic mass is 9.59. The van der Waals surface area contributed by atoms with E-state index in [0.717, 1.165) is 0 Å². The van der Waals surface area contributed by atoms with Crippen LogP contribution >= 0.6 is 0 Å². The van der Waals surface area contributed by atoms with Crippen LogP contribution in [-0.2, 0) is 28.6 Å². The molecule has 2 aliphatic heterocycles. The van der Waals surface area contributed by atoms with Crippen LogP contribution in [0, 0.1) is 29.6 Å². The van der Waals surface area contributed by atoms with E-state index in [1.54, 1.807) is 6.92 Å². The molecule has 2 saturated heterocycles. The van der Waals surface area contributed by atoms with Gasteiger partial charge in [-0.25, -0.2) is 0 Å². The Kier molecular flexibility index (Phi) is 7.74. The van der Waals surface area contributed by atoms with E-state index in [0.29, 0.717) is 31.3 Å². The highest BCUT2D eigenvalue weighted by molar-refractivity contribution is 5.81. The van der Waals surface area contributed by atoms with Crippen LogP contribution in [0.15, 0.2) is 12.2 Å². The van der Waals surface area contributed by atoms with E-state index < -0.39 is 35.9 Å². The Bertz CT molecular complexity index is 790. The maximum atomic E-state index is 12.9. The van der Waals surface area contributed by atoms with Gasteiger partial charge in [0.2, 0.25) is 0 Å². The summed E-state index contributed by atoms with van der Waals surface area (Å²) in [6.45, 7) is 15.4. The summed E-state index contributed by atoms with van der Waals surface area (Å²) in [6, 6.07) is 0. The van der Waals surface area contributed by atoms with Crippen LogP contribution < -0.4 is 0 Å². The minimum Gasteiger partial charge on any atom is -0.458 e. The molecule has 3 fully saturated rings. The molecule has 1 aliphatic carbocycles. The first-order chi connectivity index (χ1) is 15.4. The van der Waals surface area contributed by atoms with Crippen LogP contribution in [0.3, 0.4) is 0 Å². The summed E-state index contributed by atoms with van der Waals surface area (Å²) in [6.07, 6.45) is -0.573. The summed E-state index contributed by atoms with van der Waals surface area (Å²) in [5, 5.41) is 11.2. The van der Waals surface area contributed by atoms with Crippen molar-refractivity contribution in [3.8, 4) is 0 Å². The molecule has 7 heteroatoms. The van der Waals surface area contributed by atoms with Crippen molar-refractivity contribution in [1.29, 1.82) is 0 Å². The van der Waals surface area contributed by atoms with Crippen molar-refractivity contribution in [2.24, 2.45) is 29.6 Å². The maximum absolute atomic E-state index is 12.9. The molecule has 33 heavy (non-hydrogen) atoms. The van der Waals surface area contributed by atoms with Crippen molar-refractivity contribution in [3.05, 3.63) is 12.2 Å². The van der Waals surface area contributed by atoms with E-state index in [9.17, 15) is 19.5 Å². The van der Waals surface area contributed by atoms with Gasteiger partial charge in [0.1, 0.15) is 23.6 Å². The molecular weight excluding hydrogens is 424 g/mol. The Morgan fingerprint density at radius 2 is 2.00 bits per heavy atom. The van der Waals surface area contributed by atoms with E-state index in [1.807, 2.05) is 13.8 Å². The van der Waals surface area contributed by atoms with Gasteiger partial charge in [-0.3, -0.25) is 14.4 Å². The topological polar surface area (TPSA) is 99.1 Å². The first-order valence-corrected chi connectivity index (χ1v) is 12.3. The number of rotatable bonds is 5. The number of ether oxygens (including phenoxy) is 3. The molecule has 1 N–H and O–H groups in total. The molecule has 0 amide bonds. The Morgan fingerprint density at radius 3 is 2.58 bits per heavy atom. The Hall–Kier alpha value is -1.73. The molecule has 186 valence electrons. The van der Waals surface area contributed by atoms with Crippen molar-refractivity contribution in [2.45, 2.75) is 104 Å². The van der Waals surface area contributed by atoms with E-state index in [-0.39, 0.29) is 47.8 Å². The van der Waals surface area contributed by atoms with Crippen LogP contribution in [0.5, 0.6) is 0 Å². The molecule has 3 aliphatic rings. The van der Waals surface area contributed by atoms with Gasteiger partial charge >= 0.3 is 11.9 Å². The fraction of sp³-hybridized carbons (Fsp3) is 0.808. The van der Waals surface area contributed by atoms with Gasteiger partial charge in [-0.15, -0.1) is 0 Å². The van der Waals surface area contributed by atoms with Crippen molar-refractivity contribution in [1.82, 2.24) is 0 Å². The predicted molar refractivity (Wildman–Crippen MR) is 122 cm³/mol. The van der Waals surface area contributed by atoms with Gasteiger partial charge in [0, 0.05) is 37.5 Å². The minimum atomic E-state index is -1.02. The summed E-state index contributed by atoms with van der Waals surface area (Å²) in [7, 11) is 0. The van der Waals surface area contributed by atoms with Gasteiger partial charge in [0.15, 0.2) is 0 Å². The highest BCUT2D eigenvalue weighted by atomic mass is 16.6. The van der Waals surface area contributed by atoms with Crippen molar-refractivity contribution >= 4 is 17.7 Å². The molecule has 2 heterocycles. The molecule has 3 rings (SSSR count). The van der Waals surface area contributed by atoms with Crippen LogP contribution in [0.25, 0.3) is 0 Å². The van der Waals surface area contributed by atoms with Gasteiger partial charge in [-0.05, 0) is 43.6 Å². The van der Waals surface area contributed by atoms with Crippen molar-refractivity contribution in [2.75, 3.05) is 0 Å². The first-order valence-electron chi connectivity index (χ1n) is 12.3. The van der Waals surface area contributed by atoms with Gasteiger partial charge in [-0.2, -0.15) is 0 Å². The van der Waals surface area contributed by atoms with Crippen LogP contribution in [0.4, 0.5) is 0 Å². The smallest absolute Gasteiger partial charge is 0.306 e. The van der Waals surface area contributed by atoms with Crippen molar-refractivity contribution < 1.29 is 33.7 Å². The lowest BCUT2D eigenvalue weighted by Gasteiger charge is -2.47. The third kappa shape index (κ3) is 4.90. The Morgan fingerprint density at radius 1 is 1.33 bits per heavy atom. The number of carbonyl (C=O) groups excluding carboxylic acids is 3. The molecule has 0 aromatic carbocycles. The lowest BCUT2D eigenvalue weighted by molar-refractivity contribution is -0.184. The van der Waals surface area contributed by atoms with Crippen LogP contribution in [0.1, 0.15) is 73.6 Å². The first kappa shape index (κ1) is 25.9. The second-order valence-electron chi connectivity index (χ2n) is 10.7. The molecule has 0 spiro atoms. The third-order valence-electron chi connectivity index (χ3n) is 8.04. The van der Waals surface area contributed by atoms with E-state index >= 15 is 0 Å². The molecule has 0 radical (unpaired) electrons. The second kappa shape index (κ2) is 9.87. The maximum Gasteiger partial charge on any atom is 0.306 e. The average molecular weight is 465 g/mol. The summed E-state index contributed by atoms with van der Waals surface area (Å²) in [5.41, 5.74) is -0.300. The van der Waals surface area contributed by atoms with E-state index in [4.69, 9.17) is 14.2 Å². The average Bonchev–Trinajstić information content (AvgIpc) is 3.14. The minimum absolute atomic E-state index is 0.0775.